The van der Waals surface area contributed by atoms with Crippen molar-refractivity contribution >= 4 is 23.1 Å². The summed E-state index contributed by atoms with van der Waals surface area (Å²) in [6, 6.07) is 8.46. The number of rotatable bonds is 5. The molecule has 1 N–H and O–H groups in total. The van der Waals surface area contributed by atoms with Crippen LogP contribution in [0.5, 0.6) is 0 Å². The first-order valence-corrected chi connectivity index (χ1v) is 8.41. The summed E-state index contributed by atoms with van der Waals surface area (Å²) in [6.45, 7) is 3.99. The van der Waals surface area contributed by atoms with Crippen molar-refractivity contribution in [1.82, 2.24) is 0 Å². The van der Waals surface area contributed by atoms with Gasteiger partial charge in [0.15, 0.2) is 0 Å². The van der Waals surface area contributed by atoms with Crippen LogP contribution in [0.15, 0.2) is 24.3 Å². The molecule has 5 nitrogen and oxygen atoms in total. The van der Waals surface area contributed by atoms with Gasteiger partial charge in [-0.1, -0.05) is 0 Å². The van der Waals surface area contributed by atoms with Crippen LogP contribution in [0, 0.1) is 0 Å². The topological polar surface area (TPSA) is 58.6 Å². The van der Waals surface area contributed by atoms with Gasteiger partial charge in [0.2, 0.25) is 0 Å². The van der Waals surface area contributed by atoms with Crippen LogP contribution in [0.1, 0.15) is 39.5 Å². The van der Waals surface area contributed by atoms with Gasteiger partial charge in [0.05, 0.1) is 6.61 Å². The fraction of sp³-hybridized carbons (Fsp3) is 0.556. The number of carbonyl (C=O) groups excluding carboxylic acids is 2. The molecular formula is C18H24N2O3. The second-order valence-electron chi connectivity index (χ2n) is 6.40. The molecule has 3 atom stereocenters. The molecule has 2 bridgehead atoms. The summed E-state index contributed by atoms with van der Waals surface area (Å²) in [6.07, 6.45) is 3.57. The highest BCUT2D eigenvalue weighted by molar-refractivity contribution is 5.83. The highest BCUT2D eigenvalue weighted by Crippen LogP contribution is 2.38. The summed E-state index contributed by atoms with van der Waals surface area (Å²) in [5.41, 5.74) is 2.06. The lowest BCUT2D eigenvalue weighted by molar-refractivity contribution is -0.143. The first-order valence-electron chi connectivity index (χ1n) is 8.41. The zero-order valence-electron chi connectivity index (χ0n) is 13.7. The number of esters is 1. The number of fused-ring (bicyclic) bond motifs is 2. The minimum atomic E-state index is -0.371. The van der Waals surface area contributed by atoms with Gasteiger partial charge in [-0.25, -0.2) is 4.79 Å². The lowest BCUT2D eigenvalue weighted by atomic mass is 10.0. The molecule has 5 heteroatoms. The number of carbonyl (C=O) groups is 2. The molecule has 3 unspecified atom stereocenters. The third-order valence-corrected chi connectivity index (χ3v) is 4.74. The molecule has 3 rings (SSSR count). The Labute approximate surface area is 137 Å². The van der Waals surface area contributed by atoms with E-state index in [1.54, 1.807) is 13.8 Å². The first-order chi connectivity index (χ1) is 11.1. The number of hydrogen-bond acceptors (Lipinski definition) is 5. The van der Waals surface area contributed by atoms with Crippen molar-refractivity contribution in [1.29, 1.82) is 0 Å². The van der Waals surface area contributed by atoms with E-state index in [-0.39, 0.29) is 12.0 Å². The number of hydrogen-bond donors (Lipinski definition) is 1. The van der Waals surface area contributed by atoms with Gasteiger partial charge in [0.1, 0.15) is 11.8 Å². The molecule has 0 aliphatic carbocycles. The van der Waals surface area contributed by atoms with E-state index in [1.807, 2.05) is 12.1 Å². The Kier molecular flexibility index (Phi) is 4.55. The minimum Gasteiger partial charge on any atom is -0.464 e. The Hall–Kier alpha value is -2.04. The second-order valence-corrected chi connectivity index (χ2v) is 6.40. The van der Waals surface area contributed by atoms with Gasteiger partial charge < -0.3 is 15.0 Å². The highest BCUT2D eigenvalue weighted by atomic mass is 16.5. The van der Waals surface area contributed by atoms with Crippen molar-refractivity contribution < 1.29 is 14.3 Å². The largest absolute Gasteiger partial charge is 0.464 e. The predicted molar refractivity (Wildman–Crippen MR) is 89.7 cm³/mol. The molecule has 1 aromatic carbocycles. The number of piperidine rings is 1. The van der Waals surface area contributed by atoms with Gasteiger partial charge in [-0.3, -0.25) is 4.79 Å². The summed E-state index contributed by atoms with van der Waals surface area (Å²) in [5.74, 6) is 0.152. The number of Topliss-reactive ketones (excluding diaryl/α,β-unsaturated/α-hetero) is 1. The van der Waals surface area contributed by atoms with Crippen molar-refractivity contribution in [3.8, 4) is 0 Å². The molecule has 0 aromatic heterocycles. The highest BCUT2D eigenvalue weighted by Gasteiger charge is 2.39. The van der Waals surface area contributed by atoms with Gasteiger partial charge >= 0.3 is 5.97 Å². The Morgan fingerprint density at radius 2 is 1.87 bits per heavy atom. The molecule has 1 aromatic rings. The van der Waals surface area contributed by atoms with E-state index in [0.29, 0.717) is 37.3 Å². The first kappa shape index (κ1) is 15.8. The van der Waals surface area contributed by atoms with Crippen molar-refractivity contribution in [3.63, 3.8) is 0 Å². The fourth-order valence-electron chi connectivity index (χ4n) is 3.70. The average Bonchev–Trinajstić information content (AvgIpc) is 2.80. The summed E-state index contributed by atoms with van der Waals surface area (Å²) in [4.78, 5) is 25.8. The number of nitrogens with one attached hydrogen (secondary N) is 1. The Bertz CT molecular complexity index is 568. The minimum absolute atomic E-state index is 0.246. The SMILES string of the molecule is CCOC(=O)C(C)Nc1ccc(N2C3CCC2CC(=O)C3)cc1. The number of ketones is 1. The molecule has 2 heterocycles. The third-order valence-electron chi connectivity index (χ3n) is 4.74. The van der Waals surface area contributed by atoms with Gasteiger partial charge in [-0.05, 0) is 51.0 Å². The Morgan fingerprint density at radius 1 is 1.26 bits per heavy atom. The average molecular weight is 316 g/mol. The van der Waals surface area contributed by atoms with Crippen LogP contribution >= 0.6 is 0 Å². The van der Waals surface area contributed by atoms with E-state index >= 15 is 0 Å². The van der Waals surface area contributed by atoms with Crippen LogP contribution in [-0.2, 0) is 14.3 Å². The summed E-state index contributed by atoms with van der Waals surface area (Å²) >= 11 is 0. The molecular weight excluding hydrogens is 292 g/mol. The molecule has 124 valence electrons. The zero-order chi connectivity index (χ0) is 16.4. The van der Waals surface area contributed by atoms with Gasteiger partial charge in [0.25, 0.3) is 0 Å². The van der Waals surface area contributed by atoms with Crippen LogP contribution in [-0.4, -0.2) is 36.5 Å². The van der Waals surface area contributed by atoms with E-state index < -0.39 is 0 Å². The van der Waals surface area contributed by atoms with Crippen molar-refractivity contribution in [2.75, 3.05) is 16.8 Å². The van der Waals surface area contributed by atoms with Gasteiger partial charge in [0, 0.05) is 36.3 Å². The zero-order valence-corrected chi connectivity index (χ0v) is 13.7. The van der Waals surface area contributed by atoms with Crippen molar-refractivity contribution in [2.24, 2.45) is 0 Å². The van der Waals surface area contributed by atoms with Gasteiger partial charge in [-0.15, -0.1) is 0 Å². The number of anilines is 2. The van der Waals surface area contributed by atoms with Gasteiger partial charge in [-0.2, -0.15) is 0 Å². The lowest BCUT2D eigenvalue weighted by Gasteiger charge is -2.36. The molecule has 0 amide bonds. The monoisotopic (exact) mass is 316 g/mol. The third kappa shape index (κ3) is 3.33. The molecule has 2 saturated heterocycles. The van der Waals surface area contributed by atoms with Crippen molar-refractivity contribution in [3.05, 3.63) is 24.3 Å². The molecule has 23 heavy (non-hydrogen) atoms. The summed E-state index contributed by atoms with van der Waals surface area (Å²) in [7, 11) is 0. The van der Waals surface area contributed by atoms with E-state index in [4.69, 9.17) is 4.74 Å². The normalized spacial score (nSPS) is 24.4. The summed E-state index contributed by atoms with van der Waals surface area (Å²) in [5, 5.41) is 3.15. The van der Waals surface area contributed by atoms with Crippen LogP contribution < -0.4 is 10.2 Å². The maximum atomic E-state index is 11.7. The van der Waals surface area contributed by atoms with E-state index in [2.05, 4.69) is 22.3 Å². The Morgan fingerprint density at radius 3 is 2.43 bits per heavy atom. The predicted octanol–water partition coefficient (Wildman–Crippen LogP) is 2.75. The summed E-state index contributed by atoms with van der Waals surface area (Å²) < 4.78 is 5.00. The molecule has 0 saturated carbocycles. The molecule has 2 aliphatic rings. The van der Waals surface area contributed by atoms with Crippen LogP contribution in [0.3, 0.4) is 0 Å². The van der Waals surface area contributed by atoms with Crippen LogP contribution in [0.2, 0.25) is 0 Å². The fourth-order valence-corrected chi connectivity index (χ4v) is 3.70. The maximum absolute atomic E-state index is 11.7. The van der Waals surface area contributed by atoms with E-state index in [0.717, 1.165) is 18.5 Å². The number of benzene rings is 1. The molecule has 0 spiro atoms. The quantitative estimate of drug-likeness (QED) is 0.847. The van der Waals surface area contributed by atoms with Crippen molar-refractivity contribution in [2.45, 2.75) is 57.7 Å². The maximum Gasteiger partial charge on any atom is 0.328 e. The lowest BCUT2D eigenvalue weighted by Crippen LogP contribution is -2.43. The standard InChI is InChI=1S/C18H24N2O3/c1-3-23-18(22)12(2)19-13-4-6-14(7-5-13)20-15-8-9-16(20)11-17(21)10-15/h4-7,12,15-16,19H,3,8-11H2,1-2H3. The molecule has 2 fully saturated rings. The van der Waals surface area contributed by atoms with Crippen LogP contribution in [0.4, 0.5) is 11.4 Å². The van der Waals surface area contributed by atoms with E-state index in [9.17, 15) is 9.59 Å². The second kappa shape index (κ2) is 6.60. The number of ether oxygens (including phenoxy) is 1. The smallest absolute Gasteiger partial charge is 0.328 e. The molecule has 0 radical (unpaired) electrons. The Balaban J connectivity index is 1.66. The van der Waals surface area contributed by atoms with Crippen LogP contribution in [0.25, 0.3) is 0 Å². The molecule has 2 aliphatic heterocycles. The number of nitrogens with zero attached hydrogens (tertiary/aromatic N) is 1. The van der Waals surface area contributed by atoms with E-state index in [1.165, 1.54) is 5.69 Å².